The predicted octanol–water partition coefficient (Wildman–Crippen LogP) is 3.18. The molecule has 0 aliphatic rings. The van der Waals surface area contributed by atoms with Gasteiger partial charge in [-0.15, -0.1) is 0 Å². The lowest BCUT2D eigenvalue weighted by Crippen LogP contribution is -2.16. The fourth-order valence-electron chi connectivity index (χ4n) is 1.92. The molecule has 0 saturated heterocycles. The summed E-state index contributed by atoms with van der Waals surface area (Å²) in [6, 6.07) is 6.95. The van der Waals surface area contributed by atoms with Crippen molar-refractivity contribution in [1.82, 2.24) is 0 Å². The zero-order chi connectivity index (χ0) is 15.8. The van der Waals surface area contributed by atoms with Gasteiger partial charge in [0.05, 0.1) is 15.4 Å². The van der Waals surface area contributed by atoms with Crippen LogP contribution in [0.25, 0.3) is 0 Å². The Kier molecular flexibility index (Phi) is 4.46. The highest BCUT2D eigenvalue weighted by Crippen LogP contribution is 2.29. The number of sulfone groups is 1. The van der Waals surface area contributed by atoms with E-state index in [9.17, 15) is 17.2 Å². The molecule has 112 valence electrons. The molecule has 1 atom stereocenters. The standard InChI is InChI=1S/C14H12BrF2NO2S/c1-21(19,20)9-4-2-8(3-5-9)14(18)12-11(16)7-6-10(15)13(12)17/h2-7,14H,18H2,1H3. The molecule has 2 N–H and O–H groups in total. The van der Waals surface area contributed by atoms with E-state index in [1.807, 2.05) is 0 Å². The van der Waals surface area contributed by atoms with Crippen molar-refractivity contribution in [3.05, 3.63) is 63.6 Å². The minimum absolute atomic E-state index is 0.113. The molecule has 0 heterocycles. The third-order valence-corrected chi connectivity index (χ3v) is 4.80. The van der Waals surface area contributed by atoms with Gasteiger partial charge < -0.3 is 5.73 Å². The molecule has 0 aliphatic carbocycles. The van der Waals surface area contributed by atoms with Crippen LogP contribution in [0.2, 0.25) is 0 Å². The highest BCUT2D eigenvalue weighted by atomic mass is 79.9. The van der Waals surface area contributed by atoms with Gasteiger partial charge in [0.25, 0.3) is 0 Å². The zero-order valence-electron chi connectivity index (χ0n) is 11.0. The quantitative estimate of drug-likeness (QED) is 0.838. The van der Waals surface area contributed by atoms with E-state index >= 15 is 0 Å². The topological polar surface area (TPSA) is 60.2 Å². The first-order valence-corrected chi connectivity index (χ1v) is 8.59. The van der Waals surface area contributed by atoms with E-state index in [0.717, 1.165) is 12.3 Å². The third kappa shape index (κ3) is 3.30. The van der Waals surface area contributed by atoms with Gasteiger partial charge in [0.2, 0.25) is 0 Å². The Morgan fingerprint density at radius 2 is 1.67 bits per heavy atom. The van der Waals surface area contributed by atoms with E-state index in [4.69, 9.17) is 5.73 Å². The molecule has 0 radical (unpaired) electrons. The molecular formula is C14H12BrF2NO2S. The Morgan fingerprint density at radius 3 is 2.19 bits per heavy atom. The summed E-state index contributed by atoms with van der Waals surface area (Å²) in [7, 11) is -3.33. The molecule has 7 heteroatoms. The number of halogens is 3. The molecule has 0 aromatic heterocycles. The van der Waals surface area contributed by atoms with Crippen LogP contribution in [-0.4, -0.2) is 14.7 Å². The Bertz CT molecular complexity index is 776. The summed E-state index contributed by atoms with van der Waals surface area (Å²) in [5, 5.41) is 0. The highest BCUT2D eigenvalue weighted by Gasteiger charge is 2.20. The van der Waals surface area contributed by atoms with Crippen molar-refractivity contribution in [1.29, 1.82) is 0 Å². The Labute approximate surface area is 129 Å². The van der Waals surface area contributed by atoms with Crippen LogP contribution in [0.3, 0.4) is 0 Å². The number of nitrogens with two attached hydrogens (primary N) is 1. The fourth-order valence-corrected chi connectivity index (χ4v) is 2.89. The van der Waals surface area contributed by atoms with Crippen molar-refractivity contribution in [3.63, 3.8) is 0 Å². The van der Waals surface area contributed by atoms with Gasteiger partial charge in [0.1, 0.15) is 11.6 Å². The van der Waals surface area contributed by atoms with Crippen LogP contribution < -0.4 is 5.73 Å². The molecule has 1 unspecified atom stereocenters. The smallest absolute Gasteiger partial charge is 0.175 e. The maximum Gasteiger partial charge on any atom is 0.175 e. The van der Waals surface area contributed by atoms with Gasteiger partial charge >= 0.3 is 0 Å². The van der Waals surface area contributed by atoms with E-state index in [2.05, 4.69) is 15.9 Å². The van der Waals surface area contributed by atoms with Gasteiger partial charge in [-0.05, 0) is 45.8 Å². The molecule has 2 aromatic carbocycles. The lowest BCUT2D eigenvalue weighted by Gasteiger charge is -2.15. The Hall–Kier alpha value is -1.31. The molecule has 2 aromatic rings. The minimum atomic E-state index is -3.33. The molecule has 0 fully saturated rings. The van der Waals surface area contributed by atoms with Gasteiger partial charge in [0.15, 0.2) is 9.84 Å². The molecule has 21 heavy (non-hydrogen) atoms. The van der Waals surface area contributed by atoms with Crippen LogP contribution in [0, 0.1) is 11.6 Å². The molecule has 0 aliphatic heterocycles. The first-order valence-electron chi connectivity index (χ1n) is 5.91. The van der Waals surface area contributed by atoms with E-state index in [1.54, 1.807) is 0 Å². The van der Waals surface area contributed by atoms with E-state index in [1.165, 1.54) is 30.3 Å². The third-order valence-electron chi connectivity index (χ3n) is 3.06. The molecule has 2 rings (SSSR count). The SMILES string of the molecule is CS(=O)(=O)c1ccc(C(N)c2c(F)ccc(Br)c2F)cc1. The van der Waals surface area contributed by atoms with Crippen molar-refractivity contribution in [2.75, 3.05) is 6.26 Å². The summed E-state index contributed by atoms with van der Waals surface area (Å²) in [4.78, 5) is 0.119. The highest BCUT2D eigenvalue weighted by molar-refractivity contribution is 9.10. The van der Waals surface area contributed by atoms with E-state index in [-0.39, 0.29) is 14.9 Å². The van der Waals surface area contributed by atoms with Gasteiger partial charge in [-0.1, -0.05) is 12.1 Å². The number of hydrogen-bond acceptors (Lipinski definition) is 3. The van der Waals surface area contributed by atoms with E-state index < -0.39 is 27.5 Å². The first-order chi connectivity index (χ1) is 9.71. The number of hydrogen-bond donors (Lipinski definition) is 1. The lowest BCUT2D eigenvalue weighted by atomic mass is 9.99. The summed E-state index contributed by atoms with van der Waals surface area (Å²) >= 11 is 2.98. The summed E-state index contributed by atoms with van der Waals surface area (Å²) in [6.45, 7) is 0. The summed E-state index contributed by atoms with van der Waals surface area (Å²) in [5.41, 5.74) is 6.04. The van der Waals surface area contributed by atoms with Crippen molar-refractivity contribution < 1.29 is 17.2 Å². The number of benzene rings is 2. The normalized spacial score (nSPS) is 13.2. The van der Waals surface area contributed by atoms with E-state index in [0.29, 0.717) is 5.56 Å². The Morgan fingerprint density at radius 1 is 1.10 bits per heavy atom. The second kappa shape index (κ2) is 5.82. The maximum absolute atomic E-state index is 14.0. The zero-order valence-corrected chi connectivity index (χ0v) is 13.4. The van der Waals surface area contributed by atoms with Crippen molar-refractivity contribution in [2.24, 2.45) is 5.73 Å². The van der Waals surface area contributed by atoms with Crippen molar-refractivity contribution in [2.45, 2.75) is 10.9 Å². The van der Waals surface area contributed by atoms with Crippen LogP contribution in [0.4, 0.5) is 8.78 Å². The molecule has 0 saturated carbocycles. The maximum atomic E-state index is 14.0. The van der Waals surface area contributed by atoms with Gasteiger partial charge in [-0.2, -0.15) is 0 Å². The van der Waals surface area contributed by atoms with Crippen molar-refractivity contribution in [3.8, 4) is 0 Å². The number of rotatable bonds is 3. The average Bonchev–Trinajstić information content (AvgIpc) is 2.42. The molecule has 0 spiro atoms. The lowest BCUT2D eigenvalue weighted by molar-refractivity contribution is 0.539. The second-order valence-electron chi connectivity index (χ2n) is 4.58. The van der Waals surface area contributed by atoms with Crippen molar-refractivity contribution >= 4 is 25.8 Å². The fraction of sp³-hybridized carbons (Fsp3) is 0.143. The molecular weight excluding hydrogens is 364 g/mol. The summed E-state index contributed by atoms with van der Waals surface area (Å²) in [6.07, 6.45) is 1.08. The monoisotopic (exact) mass is 375 g/mol. The minimum Gasteiger partial charge on any atom is -0.320 e. The van der Waals surface area contributed by atoms with Crippen LogP contribution >= 0.6 is 15.9 Å². The molecule has 3 nitrogen and oxygen atoms in total. The summed E-state index contributed by atoms with van der Waals surface area (Å²) in [5.74, 6) is -1.52. The summed E-state index contributed by atoms with van der Waals surface area (Å²) < 4.78 is 50.7. The Balaban J connectivity index is 2.46. The molecule has 0 bridgehead atoms. The largest absolute Gasteiger partial charge is 0.320 e. The van der Waals surface area contributed by atoms with Crippen LogP contribution in [0.1, 0.15) is 17.2 Å². The average molecular weight is 376 g/mol. The molecule has 0 amide bonds. The van der Waals surface area contributed by atoms with Crippen LogP contribution in [-0.2, 0) is 9.84 Å². The van der Waals surface area contributed by atoms with Crippen LogP contribution in [0.5, 0.6) is 0 Å². The second-order valence-corrected chi connectivity index (χ2v) is 7.45. The van der Waals surface area contributed by atoms with Crippen LogP contribution in [0.15, 0.2) is 45.8 Å². The predicted molar refractivity (Wildman–Crippen MR) is 79.6 cm³/mol. The van der Waals surface area contributed by atoms with Gasteiger partial charge in [-0.3, -0.25) is 0 Å². The van der Waals surface area contributed by atoms with Gasteiger partial charge in [0, 0.05) is 11.8 Å². The van der Waals surface area contributed by atoms with Gasteiger partial charge in [-0.25, -0.2) is 17.2 Å². The first kappa shape index (κ1) is 16.1.